The Labute approximate surface area is 117 Å². The Morgan fingerprint density at radius 1 is 1.20 bits per heavy atom. The van der Waals surface area contributed by atoms with Gasteiger partial charge < -0.3 is 5.73 Å². The molecule has 0 radical (unpaired) electrons. The Morgan fingerprint density at radius 3 is 2.40 bits per heavy atom. The third-order valence-corrected chi connectivity index (χ3v) is 3.76. The smallest absolute Gasteiger partial charge is 0.161 e. The molecule has 20 heavy (non-hydrogen) atoms. The van der Waals surface area contributed by atoms with Crippen molar-refractivity contribution in [1.82, 2.24) is 4.90 Å². The summed E-state index contributed by atoms with van der Waals surface area (Å²) in [7, 11) is 0. The van der Waals surface area contributed by atoms with Gasteiger partial charge in [0.2, 0.25) is 0 Å². The van der Waals surface area contributed by atoms with Gasteiger partial charge in [0.05, 0.1) is 6.04 Å². The SMILES string of the molecule is CCCN(CC1CC1)C(CN)c1cc(F)c(F)cc1F. The first kappa shape index (κ1) is 15.3. The van der Waals surface area contributed by atoms with Crippen molar-refractivity contribution in [3.8, 4) is 0 Å². The molecular weight excluding hydrogens is 265 g/mol. The van der Waals surface area contributed by atoms with Crippen LogP contribution in [0.25, 0.3) is 0 Å². The van der Waals surface area contributed by atoms with Crippen LogP contribution in [0.2, 0.25) is 0 Å². The highest BCUT2D eigenvalue weighted by Crippen LogP contribution is 2.33. The zero-order chi connectivity index (χ0) is 14.7. The Balaban J connectivity index is 2.26. The number of hydrogen-bond acceptors (Lipinski definition) is 2. The van der Waals surface area contributed by atoms with Crippen LogP contribution in [-0.4, -0.2) is 24.5 Å². The average Bonchev–Trinajstić information content (AvgIpc) is 3.20. The van der Waals surface area contributed by atoms with Crippen molar-refractivity contribution in [3.05, 3.63) is 35.1 Å². The minimum absolute atomic E-state index is 0.153. The van der Waals surface area contributed by atoms with E-state index < -0.39 is 23.5 Å². The molecule has 1 saturated carbocycles. The average molecular weight is 286 g/mol. The second-order valence-corrected chi connectivity index (χ2v) is 5.48. The summed E-state index contributed by atoms with van der Waals surface area (Å²) in [5, 5.41) is 0. The summed E-state index contributed by atoms with van der Waals surface area (Å²) >= 11 is 0. The Bertz CT molecular complexity index is 461. The van der Waals surface area contributed by atoms with E-state index in [1.54, 1.807) is 0 Å². The van der Waals surface area contributed by atoms with Gasteiger partial charge in [0.15, 0.2) is 11.6 Å². The lowest BCUT2D eigenvalue weighted by Gasteiger charge is -2.31. The van der Waals surface area contributed by atoms with Gasteiger partial charge in [-0.1, -0.05) is 6.92 Å². The van der Waals surface area contributed by atoms with Crippen molar-refractivity contribution in [2.45, 2.75) is 32.2 Å². The van der Waals surface area contributed by atoms with Gasteiger partial charge in [-0.25, -0.2) is 13.2 Å². The van der Waals surface area contributed by atoms with Gasteiger partial charge in [0.1, 0.15) is 5.82 Å². The summed E-state index contributed by atoms with van der Waals surface area (Å²) in [6, 6.07) is 1.15. The maximum atomic E-state index is 13.9. The monoisotopic (exact) mass is 286 g/mol. The lowest BCUT2D eigenvalue weighted by Crippen LogP contribution is -2.36. The minimum atomic E-state index is -1.16. The summed E-state index contributed by atoms with van der Waals surface area (Å²) in [6.45, 7) is 3.84. The molecule has 1 unspecified atom stereocenters. The fourth-order valence-corrected chi connectivity index (χ4v) is 2.56. The van der Waals surface area contributed by atoms with E-state index in [-0.39, 0.29) is 12.1 Å². The zero-order valence-corrected chi connectivity index (χ0v) is 11.7. The molecule has 1 aromatic rings. The third-order valence-electron chi connectivity index (χ3n) is 3.76. The lowest BCUT2D eigenvalue weighted by atomic mass is 10.0. The standard InChI is InChI=1S/C15H21F3N2/c1-2-5-20(9-10-3-4-10)15(8-19)11-6-13(17)14(18)7-12(11)16/h6-7,10,15H,2-5,8-9,19H2,1H3. The van der Waals surface area contributed by atoms with Crippen LogP contribution in [-0.2, 0) is 0 Å². The fraction of sp³-hybridized carbons (Fsp3) is 0.600. The van der Waals surface area contributed by atoms with Crippen LogP contribution < -0.4 is 5.73 Å². The van der Waals surface area contributed by atoms with Crippen LogP contribution >= 0.6 is 0 Å². The van der Waals surface area contributed by atoms with Gasteiger partial charge in [-0.2, -0.15) is 0 Å². The van der Waals surface area contributed by atoms with Crippen LogP contribution in [0.4, 0.5) is 13.2 Å². The molecule has 5 heteroatoms. The van der Waals surface area contributed by atoms with Crippen molar-refractivity contribution in [1.29, 1.82) is 0 Å². The van der Waals surface area contributed by atoms with E-state index in [0.717, 1.165) is 25.6 Å². The molecule has 1 aromatic carbocycles. The molecule has 0 spiro atoms. The molecule has 1 aliphatic carbocycles. The van der Waals surface area contributed by atoms with Gasteiger partial charge >= 0.3 is 0 Å². The normalized spacial score (nSPS) is 16.7. The number of benzene rings is 1. The topological polar surface area (TPSA) is 29.3 Å². The molecule has 0 aromatic heterocycles. The van der Waals surface area contributed by atoms with Crippen molar-refractivity contribution in [2.75, 3.05) is 19.6 Å². The summed E-state index contributed by atoms with van der Waals surface area (Å²) in [4.78, 5) is 2.09. The molecule has 0 aliphatic heterocycles. The van der Waals surface area contributed by atoms with E-state index in [4.69, 9.17) is 5.73 Å². The van der Waals surface area contributed by atoms with Crippen LogP contribution in [0.15, 0.2) is 12.1 Å². The van der Waals surface area contributed by atoms with Crippen LogP contribution in [0, 0.1) is 23.4 Å². The Kier molecular flexibility index (Phi) is 5.05. The van der Waals surface area contributed by atoms with E-state index in [1.807, 2.05) is 6.92 Å². The largest absolute Gasteiger partial charge is 0.329 e. The molecule has 0 amide bonds. The molecule has 0 bridgehead atoms. The second kappa shape index (κ2) is 6.59. The third kappa shape index (κ3) is 3.52. The van der Waals surface area contributed by atoms with Gasteiger partial charge in [-0.3, -0.25) is 4.90 Å². The number of halogens is 3. The summed E-state index contributed by atoms with van der Waals surface area (Å²) in [6.07, 6.45) is 3.27. The number of nitrogens with two attached hydrogens (primary N) is 1. The maximum absolute atomic E-state index is 13.9. The van der Waals surface area contributed by atoms with Gasteiger partial charge in [-0.05, 0) is 37.8 Å². The zero-order valence-electron chi connectivity index (χ0n) is 11.7. The summed E-state index contributed by atoms with van der Waals surface area (Å²) < 4.78 is 40.3. The predicted octanol–water partition coefficient (Wildman–Crippen LogP) is 3.23. The van der Waals surface area contributed by atoms with E-state index in [0.29, 0.717) is 12.0 Å². The summed E-state index contributed by atoms with van der Waals surface area (Å²) in [5.74, 6) is -2.28. The minimum Gasteiger partial charge on any atom is -0.329 e. The molecule has 2 rings (SSSR count). The van der Waals surface area contributed by atoms with Gasteiger partial charge in [0, 0.05) is 24.7 Å². The number of hydrogen-bond donors (Lipinski definition) is 1. The quantitative estimate of drug-likeness (QED) is 0.780. The first-order valence-corrected chi connectivity index (χ1v) is 7.15. The van der Waals surface area contributed by atoms with Crippen molar-refractivity contribution < 1.29 is 13.2 Å². The second-order valence-electron chi connectivity index (χ2n) is 5.48. The lowest BCUT2D eigenvalue weighted by molar-refractivity contribution is 0.189. The van der Waals surface area contributed by atoms with E-state index in [9.17, 15) is 13.2 Å². The van der Waals surface area contributed by atoms with Gasteiger partial charge in [-0.15, -0.1) is 0 Å². The van der Waals surface area contributed by atoms with Gasteiger partial charge in [0.25, 0.3) is 0 Å². The Morgan fingerprint density at radius 2 is 1.85 bits per heavy atom. The molecule has 0 saturated heterocycles. The highest BCUT2D eigenvalue weighted by molar-refractivity contribution is 5.24. The molecule has 1 atom stereocenters. The predicted molar refractivity (Wildman–Crippen MR) is 72.7 cm³/mol. The molecule has 0 heterocycles. The highest BCUT2D eigenvalue weighted by atomic mass is 19.2. The first-order chi connectivity index (χ1) is 9.56. The molecule has 1 aliphatic rings. The molecule has 112 valence electrons. The molecule has 2 nitrogen and oxygen atoms in total. The fourth-order valence-electron chi connectivity index (χ4n) is 2.56. The maximum Gasteiger partial charge on any atom is 0.161 e. The highest BCUT2D eigenvalue weighted by Gasteiger charge is 2.29. The number of nitrogens with zero attached hydrogens (tertiary/aromatic N) is 1. The van der Waals surface area contributed by atoms with E-state index in [2.05, 4.69) is 4.90 Å². The van der Waals surface area contributed by atoms with Crippen LogP contribution in [0.3, 0.4) is 0 Å². The Hall–Kier alpha value is -1.07. The molecule has 1 fully saturated rings. The van der Waals surface area contributed by atoms with Crippen molar-refractivity contribution in [3.63, 3.8) is 0 Å². The van der Waals surface area contributed by atoms with Crippen LogP contribution in [0.1, 0.15) is 37.8 Å². The van der Waals surface area contributed by atoms with E-state index >= 15 is 0 Å². The van der Waals surface area contributed by atoms with Crippen molar-refractivity contribution >= 4 is 0 Å². The van der Waals surface area contributed by atoms with Crippen molar-refractivity contribution in [2.24, 2.45) is 11.7 Å². The summed E-state index contributed by atoms with van der Waals surface area (Å²) in [5.41, 5.74) is 5.92. The number of rotatable bonds is 7. The van der Waals surface area contributed by atoms with Crippen LogP contribution in [0.5, 0.6) is 0 Å². The first-order valence-electron chi connectivity index (χ1n) is 7.15. The molecule has 2 N–H and O–H groups in total. The molecular formula is C15H21F3N2. The van der Waals surface area contributed by atoms with E-state index in [1.165, 1.54) is 12.8 Å².